The molecule has 7 aromatic carbocycles. The van der Waals surface area contributed by atoms with Crippen molar-refractivity contribution in [3.8, 4) is 55.6 Å². The fourth-order valence-electron chi connectivity index (χ4n) is 7.84. The van der Waals surface area contributed by atoms with Gasteiger partial charge in [0.25, 0.3) is 0 Å². The minimum Gasteiger partial charge on any atom is -0.375 e. The van der Waals surface area contributed by atoms with Crippen LogP contribution >= 0.6 is 0 Å². The third kappa shape index (κ3) is 3.25. The largest absolute Gasteiger partial charge is 0.375 e. The molecule has 0 aliphatic carbocycles. The van der Waals surface area contributed by atoms with Gasteiger partial charge in [0.2, 0.25) is 0 Å². The van der Waals surface area contributed by atoms with Crippen molar-refractivity contribution in [2.45, 2.75) is 0 Å². The van der Waals surface area contributed by atoms with E-state index in [0.29, 0.717) is 0 Å². The number of benzene rings is 7. The van der Waals surface area contributed by atoms with Gasteiger partial charge in [0.1, 0.15) is 0 Å². The number of rotatable bonds is 3. The molecule has 10 rings (SSSR count). The number of fused-ring (bicyclic) bond motifs is 7. The van der Waals surface area contributed by atoms with Crippen LogP contribution in [0, 0.1) is 0 Å². The van der Waals surface area contributed by atoms with E-state index in [9.17, 15) is 0 Å². The predicted octanol–water partition coefficient (Wildman–Crippen LogP) is 9.41. The van der Waals surface area contributed by atoms with Crippen molar-refractivity contribution in [1.82, 2.24) is 4.48 Å². The molecule has 0 N–H and O–H groups in total. The van der Waals surface area contributed by atoms with Crippen LogP contribution in [0.15, 0.2) is 158 Å². The Balaban J connectivity index is 1.38. The van der Waals surface area contributed by atoms with Gasteiger partial charge in [-0.05, 0) is 79.7 Å². The number of aromatic nitrogens is 1. The Morgan fingerprint density at radius 3 is 1.36 bits per heavy atom. The minimum atomic E-state index is 0.106. The average Bonchev–Trinajstić information content (AvgIpc) is 3.44. The average molecular weight is 555 g/mol. The van der Waals surface area contributed by atoms with Crippen molar-refractivity contribution >= 4 is 39.6 Å². The molecule has 44 heavy (non-hydrogen) atoms. The van der Waals surface area contributed by atoms with Gasteiger partial charge in [0.15, 0.2) is 0 Å². The molecule has 0 atom stereocenters. The highest BCUT2D eigenvalue weighted by atomic mass is 14.9. The molecule has 2 heteroatoms. The van der Waals surface area contributed by atoms with Crippen LogP contribution in [0.1, 0.15) is 0 Å². The molecule has 0 amide bonds. The highest BCUT2D eigenvalue weighted by Gasteiger charge is 2.39. The standard InChI is InChI=1S/C42H26BN/c1-4-12-27(13-5-1)30-20-21-34-36-23-32(29-16-8-3-9-17-29)25-38-37-24-31(28-14-6-2-7-15-28)22-35-33-18-10-11-19-39(33)43(40(34)26-30)44(41(35)37)42(36)38/h1-26H. The van der Waals surface area contributed by atoms with Gasteiger partial charge in [0.05, 0.1) is 0 Å². The van der Waals surface area contributed by atoms with Gasteiger partial charge >= 0.3 is 6.85 Å². The van der Waals surface area contributed by atoms with E-state index in [1.54, 1.807) is 0 Å². The second-order valence-electron chi connectivity index (χ2n) is 12.1. The molecular weight excluding hydrogens is 529 g/mol. The molecule has 2 aliphatic rings. The molecule has 2 aliphatic heterocycles. The van der Waals surface area contributed by atoms with Gasteiger partial charge in [-0.3, -0.25) is 0 Å². The summed E-state index contributed by atoms with van der Waals surface area (Å²) in [5, 5.41) is 2.65. The molecule has 8 aromatic rings. The van der Waals surface area contributed by atoms with Crippen LogP contribution in [0.3, 0.4) is 0 Å². The summed E-state index contributed by atoms with van der Waals surface area (Å²) in [6.07, 6.45) is 0. The van der Waals surface area contributed by atoms with Crippen LogP contribution in [0.4, 0.5) is 0 Å². The molecule has 0 spiro atoms. The second kappa shape index (κ2) is 8.95. The third-order valence-corrected chi connectivity index (χ3v) is 9.75. The van der Waals surface area contributed by atoms with Crippen LogP contribution in [-0.4, -0.2) is 11.3 Å². The summed E-state index contributed by atoms with van der Waals surface area (Å²) in [4.78, 5) is 0. The van der Waals surface area contributed by atoms with Gasteiger partial charge < -0.3 is 4.48 Å². The van der Waals surface area contributed by atoms with Crippen LogP contribution < -0.4 is 10.9 Å². The normalized spacial score (nSPS) is 12.5. The van der Waals surface area contributed by atoms with Crippen molar-refractivity contribution < 1.29 is 0 Å². The molecule has 1 aromatic heterocycles. The van der Waals surface area contributed by atoms with E-state index in [2.05, 4.69) is 162 Å². The molecule has 0 radical (unpaired) electrons. The first-order valence-corrected chi connectivity index (χ1v) is 15.4. The summed E-state index contributed by atoms with van der Waals surface area (Å²) in [6, 6.07) is 58.4. The lowest BCUT2D eigenvalue weighted by Gasteiger charge is -2.33. The van der Waals surface area contributed by atoms with E-state index in [-0.39, 0.29) is 6.85 Å². The molecule has 0 saturated heterocycles. The van der Waals surface area contributed by atoms with Crippen molar-refractivity contribution in [2.24, 2.45) is 0 Å². The monoisotopic (exact) mass is 555 g/mol. The quantitative estimate of drug-likeness (QED) is 0.192. The topological polar surface area (TPSA) is 4.93 Å². The zero-order chi connectivity index (χ0) is 28.8. The molecular formula is C42H26BN. The minimum absolute atomic E-state index is 0.106. The molecule has 0 saturated carbocycles. The van der Waals surface area contributed by atoms with E-state index < -0.39 is 0 Å². The summed E-state index contributed by atoms with van der Waals surface area (Å²) in [6.45, 7) is 0.106. The van der Waals surface area contributed by atoms with Crippen molar-refractivity contribution in [3.63, 3.8) is 0 Å². The van der Waals surface area contributed by atoms with Gasteiger partial charge in [-0.15, -0.1) is 0 Å². The summed E-state index contributed by atoms with van der Waals surface area (Å²) in [5.41, 5.74) is 18.2. The van der Waals surface area contributed by atoms with Gasteiger partial charge in [-0.2, -0.15) is 0 Å². The summed E-state index contributed by atoms with van der Waals surface area (Å²) in [5.74, 6) is 0. The maximum atomic E-state index is 2.66. The highest BCUT2D eigenvalue weighted by molar-refractivity contribution is 6.88. The molecule has 1 nitrogen and oxygen atoms in total. The molecule has 0 unspecified atom stereocenters. The Bertz CT molecular complexity index is 2420. The van der Waals surface area contributed by atoms with Gasteiger partial charge in [0, 0.05) is 32.9 Å². The molecule has 3 heterocycles. The van der Waals surface area contributed by atoms with Crippen LogP contribution in [0.25, 0.3) is 77.4 Å². The van der Waals surface area contributed by atoms with E-state index in [1.807, 2.05) is 0 Å². The van der Waals surface area contributed by atoms with Gasteiger partial charge in [-0.1, -0.05) is 133 Å². The Morgan fingerprint density at radius 1 is 0.318 bits per heavy atom. The first kappa shape index (κ1) is 23.9. The number of hydrogen-bond donors (Lipinski definition) is 0. The number of hydrogen-bond acceptors (Lipinski definition) is 0. The lowest BCUT2D eigenvalue weighted by atomic mass is 9.45. The van der Waals surface area contributed by atoms with Crippen molar-refractivity contribution in [1.29, 1.82) is 0 Å². The summed E-state index contributed by atoms with van der Waals surface area (Å²) >= 11 is 0. The van der Waals surface area contributed by atoms with E-state index >= 15 is 0 Å². The maximum Gasteiger partial charge on any atom is 0.329 e. The summed E-state index contributed by atoms with van der Waals surface area (Å²) < 4.78 is 2.66. The van der Waals surface area contributed by atoms with E-state index in [0.717, 1.165) is 0 Å². The van der Waals surface area contributed by atoms with Crippen molar-refractivity contribution in [2.75, 3.05) is 0 Å². The van der Waals surface area contributed by atoms with E-state index in [1.165, 1.54) is 88.4 Å². The lowest BCUT2D eigenvalue weighted by Crippen LogP contribution is -2.53. The smallest absolute Gasteiger partial charge is 0.329 e. The zero-order valence-corrected chi connectivity index (χ0v) is 24.0. The Hall–Kier alpha value is -5.60. The molecule has 0 bridgehead atoms. The van der Waals surface area contributed by atoms with Crippen molar-refractivity contribution in [3.05, 3.63) is 158 Å². The SMILES string of the molecule is c1ccc(-c2ccc3c(c2)B2c4ccccc4-c4cc(-c5ccccc5)cc5c6cc(-c7ccccc7)cc-3c6n2c45)cc1. The zero-order valence-electron chi connectivity index (χ0n) is 24.0. The lowest BCUT2D eigenvalue weighted by molar-refractivity contribution is 1.31. The molecule has 202 valence electrons. The third-order valence-electron chi connectivity index (χ3n) is 9.75. The first-order valence-electron chi connectivity index (χ1n) is 15.4. The fraction of sp³-hybridized carbons (Fsp3) is 0. The van der Waals surface area contributed by atoms with Gasteiger partial charge in [-0.25, -0.2) is 0 Å². The maximum absolute atomic E-state index is 2.66. The summed E-state index contributed by atoms with van der Waals surface area (Å²) in [7, 11) is 0. The first-order chi connectivity index (χ1) is 21.8. The Labute approximate surface area is 256 Å². The predicted molar refractivity (Wildman–Crippen MR) is 187 cm³/mol. The number of nitrogens with zero attached hydrogens (tertiary/aromatic N) is 1. The highest BCUT2D eigenvalue weighted by Crippen LogP contribution is 2.47. The molecule has 0 fully saturated rings. The van der Waals surface area contributed by atoms with Crippen LogP contribution in [0.5, 0.6) is 0 Å². The van der Waals surface area contributed by atoms with Crippen LogP contribution in [0.2, 0.25) is 0 Å². The van der Waals surface area contributed by atoms with E-state index in [4.69, 9.17) is 0 Å². The second-order valence-corrected chi connectivity index (χ2v) is 12.1. The Morgan fingerprint density at radius 2 is 0.795 bits per heavy atom. The fourth-order valence-corrected chi connectivity index (χ4v) is 7.84. The van der Waals surface area contributed by atoms with Crippen LogP contribution in [-0.2, 0) is 0 Å². The Kier molecular flexibility index (Phi) is 4.87.